The third-order valence-corrected chi connectivity index (χ3v) is 4.43. The molecule has 1 aliphatic heterocycles. The van der Waals surface area contributed by atoms with E-state index in [9.17, 15) is 14.4 Å². The van der Waals surface area contributed by atoms with Gasteiger partial charge in [0.1, 0.15) is 25.8 Å². The largest absolute Gasteiger partial charge is 0.459 e. The number of carbonyl (C=O) groups is 3. The number of esters is 2. The van der Waals surface area contributed by atoms with E-state index in [2.05, 4.69) is 0 Å². The Balaban J connectivity index is 1.56. The van der Waals surface area contributed by atoms with E-state index >= 15 is 0 Å². The molecule has 2 amide bonds. The average molecular weight is 382 g/mol. The van der Waals surface area contributed by atoms with Gasteiger partial charge in [0.2, 0.25) is 0 Å². The number of hydrogen-bond acceptors (Lipinski definition) is 5. The summed E-state index contributed by atoms with van der Waals surface area (Å²) in [6, 6.07) is 17.3. The van der Waals surface area contributed by atoms with Gasteiger partial charge in [0.15, 0.2) is 0 Å². The summed E-state index contributed by atoms with van der Waals surface area (Å²) >= 11 is 0. The van der Waals surface area contributed by atoms with Gasteiger partial charge in [-0.25, -0.2) is 9.59 Å². The van der Waals surface area contributed by atoms with Crippen LogP contribution in [-0.4, -0.2) is 53.9 Å². The maximum absolute atomic E-state index is 12.5. The van der Waals surface area contributed by atoms with Gasteiger partial charge in [-0.15, -0.1) is 0 Å². The van der Waals surface area contributed by atoms with E-state index in [-0.39, 0.29) is 26.3 Å². The van der Waals surface area contributed by atoms with Gasteiger partial charge in [0, 0.05) is 7.05 Å². The highest BCUT2D eigenvalue weighted by Gasteiger charge is 2.41. The number of urea groups is 1. The van der Waals surface area contributed by atoms with E-state index in [1.807, 2.05) is 60.7 Å². The van der Waals surface area contributed by atoms with Crippen LogP contribution in [0.3, 0.4) is 0 Å². The molecule has 0 aliphatic carbocycles. The second-order valence-corrected chi connectivity index (χ2v) is 6.55. The first-order valence-electron chi connectivity index (χ1n) is 8.96. The fourth-order valence-electron chi connectivity index (χ4n) is 2.92. The molecule has 2 aromatic rings. The summed E-state index contributed by atoms with van der Waals surface area (Å²) in [4.78, 5) is 39.6. The molecule has 0 unspecified atom stereocenters. The van der Waals surface area contributed by atoms with Crippen molar-refractivity contribution in [1.29, 1.82) is 0 Å². The number of ether oxygens (including phenoxy) is 2. The van der Waals surface area contributed by atoms with Gasteiger partial charge in [-0.2, -0.15) is 0 Å². The smallest absolute Gasteiger partial charge is 0.331 e. The summed E-state index contributed by atoms with van der Waals surface area (Å²) in [7, 11) is 1.58. The standard InChI is InChI=1S/C21H22N2O5/c1-22-12-18(20(25)28-15-17-10-6-3-7-11-17)23(21(22)26)13-19(24)27-14-16-8-4-2-5-9-16/h2-11,18H,12-15H2,1H3/t18-/m0/s1. The van der Waals surface area contributed by atoms with Gasteiger partial charge in [-0.3, -0.25) is 9.69 Å². The maximum Gasteiger partial charge on any atom is 0.331 e. The average Bonchev–Trinajstić information content (AvgIpc) is 3.00. The van der Waals surface area contributed by atoms with Crippen LogP contribution in [0, 0.1) is 0 Å². The summed E-state index contributed by atoms with van der Waals surface area (Å²) in [5.41, 5.74) is 1.70. The molecule has 7 heteroatoms. The van der Waals surface area contributed by atoms with Crippen LogP contribution in [0.25, 0.3) is 0 Å². The molecule has 0 radical (unpaired) electrons. The molecule has 0 saturated carbocycles. The van der Waals surface area contributed by atoms with Crippen molar-refractivity contribution in [3.63, 3.8) is 0 Å². The van der Waals surface area contributed by atoms with E-state index in [1.165, 1.54) is 9.80 Å². The highest BCUT2D eigenvalue weighted by atomic mass is 16.5. The quantitative estimate of drug-likeness (QED) is 0.687. The molecular formula is C21H22N2O5. The number of benzene rings is 2. The minimum Gasteiger partial charge on any atom is -0.459 e. The van der Waals surface area contributed by atoms with Crippen molar-refractivity contribution in [2.45, 2.75) is 19.3 Å². The number of hydrogen-bond donors (Lipinski definition) is 0. The number of nitrogens with zero attached hydrogens (tertiary/aromatic N) is 2. The Morgan fingerprint density at radius 3 is 2.04 bits per heavy atom. The van der Waals surface area contributed by atoms with Crippen LogP contribution >= 0.6 is 0 Å². The molecule has 28 heavy (non-hydrogen) atoms. The first kappa shape index (κ1) is 19.4. The van der Waals surface area contributed by atoms with Crippen LogP contribution in [0.4, 0.5) is 4.79 Å². The zero-order valence-corrected chi connectivity index (χ0v) is 15.6. The highest BCUT2D eigenvalue weighted by Crippen LogP contribution is 2.17. The van der Waals surface area contributed by atoms with Gasteiger partial charge < -0.3 is 14.4 Å². The van der Waals surface area contributed by atoms with Crippen LogP contribution in [0.5, 0.6) is 0 Å². The van der Waals surface area contributed by atoms with Crippen LogP contribution in [0.1, 0.15) is 11.1 Å². The molecule has 0 bridgehead atoms. The van der Waals surface area contributed by atoms with Crippen molar-refractivity contribution in [3.8, 4) is 0 Å². The molecule has 1 aliphatic rings. The zero-order valence-electron chi connectivity index (χ0n) is 15.6. The normalized spacial score (nSPS) is 16.2. The minimum absolute atomic E-state index is 0.111. The lowest BCUT2D eigenvalue weighted by Gasteiger charge is -2.21. The Morgan fingerprint density at radius 1 is 0.929 bits per heavy atom. The van der Waals surface area contributed by atoms with E-state index in [1.54, 1.807) is 7.05 Å². The molecule has 3 rings (SSSR count). The lowest BCUT2D eigenvalue weighted by molar-refractivity contribution is -0.151. The Kier molecular flexibility index (Phi) is 6.26. The summed E-state index contributed by atoms with van der Waals surface area (Å²) < 4.78 is 10.6. The molecule has 1 heterocycles. The molecule has 1 fully saturated rings. The Hall–Kier alpha value is -3.35. The predicted octanol–water partition coefficient (Wildman–Crippen LogP) is 2.21. The van der Waals surface area contributed by atoms with Gasteiger partial charge in [0.25, 0.3) is 0 Å². The predicted molar refractivity (Wildman–Crippen MR) is 101 cm³/mol. The van der Waals surface area contributed by atoms with Crippen molar-refractivity contribution in [2.75, 3.05) is 20.1 Å². The minimum atomic E-state index is -0.842. The number of amides is 2. The van der Waals surface area contributed by atoms with Gasteiger partial charge >= 0.3 is 18.0 Å². The van der Waals surface area contributed by atoms with E-state index in [0.717, 1.165) is 11.1 Å². The first-order chi connectivity index (χ1) is 13.5. The van der Waals surface area contributed by atoms with E-state index in [0.29, 0.717) is 0 Å². The van der Waals surface area contributed by atoms with Crippen molar-refractivity contribution in [3.05, 3.63) is 71.8 Å². The van der Waals surface area contributed by atoms with Crippen LogP contribution in [0.2, 0.25) is 0 Å². The molecule has 1 saturated heterocycles. The Bertz CT molecular complexity index is 825. The third-order valence-electron chi connectivity index (χ3n) is 4.43. The summed E-state index contributed by atoms with van der Waals surface area (Å²) in [5, 5.41) is 0. The topological polar surface area (TPSA) is 76.2 Å². The van der Waals surface area contributed by atoms with Gasteiger partial charge in [-0.1, -0.05) is 60.7 Å². The first-order valence-corrected chi connectivity index (χ1v) is 8.96. The Morgan fingerprint density at radius 2 is 1.46 bits per heavy atom. The fraction of sp³-hybridized carbons (Fsp3) is 0.286. The third kappa shape index (κ3) is 4.88. The highest BCUT2D eigenvalue weighted by molar-refractivity contribution is 5.90. The summed E-state index contributed by atoms with van der Waals surface area (Å²) in [5.74, 6) is -1.12. The molecule has 7 nitrogen and oxygen atoms in total. The van der Waals surface area contributed by atoms with Crippen molar-refractivity contribution < 1.29 is 23.9 Å². The summed E-state index contributed by atoms with van der Waals surface area (Å²) in [6.07, 6.45) is 0. The van der Waals surface area contributed by atoms with Gasteiger partial charge in [-0.05, 0) is 11.1 Å². The SMILES string of the molecule is CN1C[C@@H](C(=O)OCc2ccccc2)N(CC(=O)OCc2ccccc2)C1=O. The molecule has 146 valence electrons. The molecular weight excluding hydrogens is 360 g/mol. The number of carbonyl (C=O) groups excluding carboxylic acids is 3. The molecule has 1 atom stereocenters. The Labute approximate surface area is 163 Å². The van der Waals surface area contributed by atoms with Crippen molar-refractivity contribution in [2.24, 2.45) is 0 Å². The lowest BCUT2D eigenvalue weighted by atomic mass is 10.2. The van der Waals surface area contributed by atoms with Gasteiger partial charge in [0.05, 0.1) is 6.54 Å². The number of rotatable bonds is 7. The van der Waals surface area contributed by atoms with E-state index < -0.39 is 24.0 Å². The molecule has 0 aromatic heterocycles. The fourth-order valence-corrected chi connectivity index (χ4v) is 2.92. The van der Waals surface area contributed by atoms with Crippen molar-refractivity contribution >= 4 is 18.0 Å². The summed E-state index contributed by atoms with van der Waals surface area (Å²) in [6.45, 7) is 0.0839. The second-order valence-electron chi connectivity index (χ2n) is 6.55. The monoisotopic (exact) mass is 382 g/mol. The molecule has 0 spiro atoms. The lowest BCUT2D eigenvalue weighted by Crippen LogP contribution is -2.43. The van der Waals surface area contributed by atoms with Crippen molar-refractivity contribution in [1.82, 2.24) is 9.80 Å². The molecule has 0 N–H and O–H groups in total. The molecule has 2 aromatic carbocycles. The van der Waals surface area contributed by atoms with E-state index in [4.69, 9.17) is 9.47 Å². The van der Waals surface area contributed by atoms with Crippen LogP contribution in [0.15, 0.2) is 60.7 Å². The maximum atomic E-state index is 12.5. The second kappa shape index (κ2) is 9.03. The van der Waals surface area contributed by atoms with Crippen LogP contribution in [-0.2, 0) is 32.3 Å². The van der Waals surface area contributed by atoms with Crippen LogP contribution < -0.4 is 0 Å². The number of likely N-dealkylation sites (N-methyl/N-ethyl adjacent to an activating group) is 1. The zero-order chi connectivity index (χ0) is 19.9.